The monoisotopic (exact) mass is 610 g/mol. The van der Waals surface area contributed by atoms with Crippen LogP contribution in [0.25, 0.3) is 77.2 Å². The smallest absolute Gasteiger partial charge is 0.101 e. The molecule has 0 amide bonds. The Bertz CT molecular complexity index is 2750. The van der Waals surface area contributed by atoms with E-state index in [-0.39, 0.29) is 0 Å². The Morgan fingerprint density at radius 1 is 0.396 bits per heavy atom. The van der Waals surface area contributed by atoms with Crippen molar-refractivity contribution in [2.24, 2.45) is 0 Å². The Morgan fingerprint density at radius 3 is 1.65 bits per heavy atom. The zero-order chi connectivity index (χ0) is 32.2. The van der Waals surface area contributed by atoms with Gasteiger partial charge in [-0.15, -0.1) is 0 Å². The minimum absolute atomic E-state index is 0.627. The third kappa shape index (κ3) is 4.14. The molecule has 2 heterocycles. The highest BCUT2D eigenvalue weighted by atomic mass is 15.0. The first-order chi connectivity index (χ1) is 23.7. The molecule has 0 radical (unpaired) electrons. The number of nitrogens with zero attached hydrogens (tertiary/aromatic N) is 4. The van der Waals surface area contributed by atoms with E-state index in [2.05, 4.69) is 143 Å². The normalized spacial score (nSPS) is 11.3. The minimum atomic E-state index is 0.627. The van der Waals surface area contributed by atoms with E-state index in [0.29, 0.717) is 11.1 Å². The van der Waals surface area contributed by atoms with E-state index in [9.17, 15) is 10.5 Å². The molecule has 0 saturated heterocycles. The first kappa shape index (κ1) is 27.4. The molecule has 0 saturated carbocycles. The number of nitriles is 2. The van der Waals surface area contributed by atoms with E-state index < -0.39 is 0 Å². The van der Waals surface area contributed by atoms with Crippen molar-refractivity contribution in [1.29, 1.82) is 10.5 Å². The molecule has 222 valence electrons. The Balaban J connectivity index is 1.17. The van der Waals surface area contributed by atoms with Crippen LogP contribution >= 0.6 is 0 Å². The number of rotatable bonds is 4. The van der Waals surface area contributed by atoms with Crippen molar-refractivity contribution < 1.29 is 0 Å². The second-order valence-corrected chi connectivity index (χ2v) is 12.0. The average molecular weight is 611 g/mol. The van der Waals surface area contributed by atoms with Gasteiger partial charge in [-0.1, -0.05) is 97.1 Å². The van der Waals surface area contributed by atoms with E-state index in [4.69, 9.17) is 0 Å². The summed E-state index contributed by atoms with van der Waals surface area (Å²) in [5, 5.41) is 24.4. The van der Waals surface area contributed by atoms with E-state index >= 15 is 0 Å². The van der Waals surface area contributed by atoms with Gasteiger partial charge in [0.1, 0.15) is 6.07 Å². The highest BCUT2D eigenvalue weighted by Crippen LogP contribution is 2.39. The second kappa shape index (κ2) is 10.9. The first-order valence-corrected chi connectivity index (χ1v) is 15.9. The lowest BCUT2D eigenvalue weighted by atomic mass is 9.96. The molecule has 4 nitrogen and oxygen atoms in total. The van der Waals surface area contributed by atoms with Gasteiger partial charge in [-0.2, -0.15) is 10.5 Å². The summed E-state index contributed by atoms with van der Waals surface area (Å²) in [6.45, 7) is 0. The van der Waals surface area contributed by atoms with Gasteiger partial charge in [0.15, 0.2) is 0 Å². The van der Waals surface area contributed by atoms with Gasteiger partial charge < -0.3 is 9.13 Å². The van der Waals surface area contributed by atoms with Gasteiger partial charge in [-0.3, -0.25) is 0 Å². The van der Waals surface area contributed by atoms with Crippen molar-refractivity contribution in [3.05, 3.63) is 169 Å². The number of fused-ring (bicyclic) bond motifs is 6. The van der Waals surface area contributed by atoms with Crippen LogP contribution in [0.1, 0.15) is 11.1 Å². The summed E-state index contributed by atoms with van der Waals surface area (Å²) in [6, 6.07) is 59.0. The van der Waals surface area contributed by atoms with Gasteiger partial charge in [0, 0.05) is 32.8 Å². The summed E-state index contributed by atoms with van der Waals surface area (Å²) < 4.78 is 4.50. The number of benzene rings is 7. The molecule has 0 unspecified atom stereocenters. The summed E-state index contributed by atoms with van der Waals surface area (Å²) in [7, 11) is 0. The maximum Gasteiger partial charge on any atom is 0.101 e. The lowest BCUT2D eigenvalue weighted by molar-refractivity contribution is 1.17. The molecule has 0 aliphatic carbocycles. The van der Waals surface area contributed by atoms with Gasteiger partial charge in [0.05, 0.1) is 45.0 Å². The van der Waals surface area contributed by atoms with E-state index in [1.807, 2.05) is 36.4 Å². The summed E-state index contributed by atoms with van der Waals surface area (Å²) >= 11 is 0. The molecule has 7 aromatic carbocycles. The van der Waals surface area contributed by atoms with Crippen molar-refractivity contribution >= 4 is 43.6 Å². The Hall–Kier alpha value is -6.88. The number of para-hydroxylation sites is 4. The molecule has 9 aromatic rings. The van der Waals surface area contributed by atoms with Crippen molar-refractivity contribution in [1.82, 2.24) is 9.13 Å². The van der Waals surface area contributed by atoms with Crippen LogP contribution in [0.3, 0.4) is 0 Å². The minimum Gasteiger partial charge on any atom is -0.309 e. The fourth-order valence-corrected chi connectivity index (χ4v) is 7.26. The fourth-order valence-electron chi connectivity index (χ4n) is 7.26. The molecule has 0 spiro atoms. The lowest BCUT2D eigenvalue weighted by Crippen LogP contribution is -2.00. The van der Waals surface area contributed by atoms with Crippen LogP contribution in [0.15, 0.2) is 158 Å². The Kier molecular flexibility index (Phi) is 6.22. The lowest BCUT2D eigenvalue weighted by Gasteiger charge is -2.16. The standard InChI is InChI=1S/C44H26N4/c45-27-29-19-24-43-39(25-29)38-14-3-4-16-40(38)47(43)34-22-20-30(21-23-34)31-9-7-10-32(26-31)35-15-8-11-33(28-46)44(35)48-41-17-5-1-12-36(41)37-13-2-6-18-42(37)48/h1-26H. The number of aromatic nitrogens is 2. The molecule has 0 aliphatic rings. The summed E-state index contributed by atoms with van der Waals surface area (Å²) in [6.07, 6.45) is 0. The number of hydrogen-bond acceptors (Lipinski definition) is 2. The fraction of sp³-hybridized carbons (Fsp3) is 0. The molecular weight excluding hydrogens is 585 g/mol. The van der Waals surface area contributed by atoms with Gasteiger partial charge >= 0.3 is 0 Å². The highest BCUT2D eigenvalue weighted by molar-refractivity contribution is 6.11. The van der Waals surface area contributed by atoms with Crippen LogP contribution in [-0.4, -0.2) is 9.13 Å². The molecule has 0 fully saturated rings. The largest absolute Gasteiger partial charge is 0.309 e. The average Bonchev–Trinajstić information content (AvgIpc) is 3.67. The topological polar surface area (TPSA) is 57.4 Å². The summed E-state index contributed by atoms with van der Waals surface area (Å²) in [5.74, 6) is 0. The molecule has 48 heavy (non-hydrogen) atoms. The third-order valence-corrected chi connectivity index (χ3v) is 9.39. The van der Waals surface area contributed by atoms with E-state index in [1.165, 1.54) is 0 Å². The Morgan fingerprint density at radius 2 is 0.979 bits per heavy atom. The molecule has 2 aromatic heterocycles. The summed E-state index contributed by atoms with van der Waals surface area (Å²) in [5.41, 5.74) is 11.8. The van der Waals surface area contributed by atoms with Crippen molar-refractivity contribution in [2.75, 3.05) is 0 Å². The zero-order valence-corrected chi connectivity index (χ0v) is 25.8. The number of hydrogen-bond donors (Lipinski definition) is 0. The molecule has 0 atom stereocenters. The van der Waals surface area contributed by atoms with Gasteiger partial charge in [0.2, 0.25) is 0 Å². The van der Waals surface area contributed by atoms with E-state index in [0.717, 1.165) is 77.2 Å². The molecule has 0 aliphatic heterocycles. The van der Waals surface area contributed by atoms with Crippen LogP contribution in [0.5, 0.6) is 0 Å². The Labute approximate surface area is 277 Å². The molecule has 0 bridgehead atoms. The molecule has 0 N–H and O–H groups in total. The van der Waals surface area contributed by atoms with Crippen LogP contribution < -0.4 is 0 Å². The molecule has 9 rings (SSSR count). The second-order valence-electron chi connectivity index (χ2n) is 12.0. The zero-order valence-electron chi connectivity index (χ0n) is 25.8. The van der Waals surface area contributed by atoms with Crippen LogP contribution in [0, 0.1) is 22.7 Å². The SMILES string of the molecule is N#Cc1ccc2c(c1)c1ccccc1n2-c1ccc(-c2cccc(-c3cccc(C#N)c3-n3c4ccccc4c4ccccc43)c2)cc1. The van der Waals surface area contributed by atoms with Crippen LogP contribution in [0.4, 0.5) is 0 Å². The maximum absolute atomic E-state index is 10.3. The van der Waals surface area contributed by atoms with Gasteiger partial charge in [0.25, 0.3) is 0 Å². The van der Waals surface area contributed by atoms with Gasteiger partial charge in [-0.25, -0.2) is 0 Å². The van der Waals surface area contributed by atoms with Crippen LogP contribution in [-0.2, 0) is 0 Å². The molecular formula is C44H26N4. The van der Waals surface area contributed by atoms with E-state index in [1.54, 1.807) is 0 Å². The van der Waals surface area contributed by atoms with Crippen molar-refractivity contribution in [2.45, 2.75) is 0 Å². The van der Waals surface area contributed by atoms with Crippen molar-refractivity contribution in [3.8, 4) is 45.8 Å². The van der Waals surface area contributed by atoms with Crippen LogP contribution in [0.2, 0.25) is 0 Å². The predicted molar refractivity (Wildman–Crippen MR) is 195 cm³/mol. The molecule has 4 heteroatoms. The highest BCUT2D eigenvalue weighted by Gasteiger charge is 2.19. The summed E-state index contributed by atoms with van der Waals surface area (Å²) in [4.78, 5) is 0. The first-order valence-electron chi connectivity index (χ1n) is 15.9. The quantitative estimate of drug-likeness (QED) is 0.199. The maximum atomic E-state index is 10.3. The predicted octanol–water partition coefficient (Wildman–Crippen LogP) is 11.0. The third-order valence-electron chi connectivity index (χ3n) is 9.39. The van der Waals surface area contributed by atoms with Gasteiger partial charge in [-0.05, 0) is 77.4 Å². The van der Waals surface area contributed by atoms with Crippen molar-refractivity contribution in [3.63, 3.8) is 0 Å².